The van der Waals surface area contributed by atoms with E-state index < -0.39 is 30.0 Å². The van der Waals surface area contributed by atoms with Gasteiger partial charge in [-0.2, -0.15) is 0 Å². The van der Waals surface area contributed by atoms with Crippen LogP contribution in [0.4, 0.5) is 8.78 Å². The van der Waals surface area contributed by atoms with Crippen LogP contribution in [0.2, 0.25) is 0 Å². The highest BCUT2D eigenvalue weighted by Gasteiger charge is 2.27. The average Bonchev–Trinajstić information content (AvgIpc) is 3.43. The lowest BCUT2D eigenvalue weighted by molar-refractivity contribution is -0.124. The zero-order valence-electron chi connectivity index (χ0n) is 22.7. The lowest BCUT2D eigenvalue weighted by Gasteiger charge is -2.20. The van der Waals surface area contributed by atoms with Gasteiger partial charge < -0.3 is 20.7 Å². The molecule has 0 aliphatic carbocycles. The van der Waals surface area contributed by atoms with Crippen LogP contribution in [0.3, 0.4) is 0 Å². The molecule has 4 N–H and O–H groups in total. The predicted octanol–water partition coefficient (Wildman–Crippen LogP) is 6.35. The van der Waals surface area contributed by atoms with Crippen molar-refractivity contribution in [3.8, 4) is 16.9 Å². The maximum Gasteiger partial charge on any atom is 0.251 e. The van der Waals surface area contributed by atoms with Crippen LogP contribution in [0, 0.1) is 5.82 Å². The Labute approximate surface area is 245 Å². The molecule has 214 valence electrons. The summed E-state index contributed by atoms with van der Waals surface area (Å²) in [4.78, 5) is 34.2. The Bertz CT molecular complexity index is 1970. The van der Waals surface area contributed by atoms with E-state index in [0.717, 1.165) is 27.9 Å². The number of nitrogens with zero attached hydrogens (tertiary/aromatic N) is 1. The molecule has 2 unspecified atom stereocenters. The van der Waals surface area contributed by atoms with Crippen LogP contribution >= 0.6 is 0 Å². The summed E-state index contributed by atoms with van der Waals surface area (Å²) in [5, 5.41) is 17.0. The van der Waals surface area contributed by atoms with Crippen LogP contribution in [-0.4, -0.2) is 32.9 Å². The largest absolute Gasteiger partial charge is 0.506 e. The molecule has 6 rings (SSSR count). The predicted molar refractivity (Wildman–Crippen MR) is 160 cm³/mol. The van der Waals surface area contributed by atoms with Gasteiger partial charge in [0.1, 0.15) is 23.1 Å². The molecular weight excluding hydrogens is 550 g/mol. The Morgan fingerprint density at radius 1 is 0.884 bits per heavy atom. The fourth-order valence-electron chi connectivity index (χ4n) is 5.13. The van der Waals surface area contributed by atoms with Gasteiger partial charge in [-0.3, -0.25) is 14.6 Å². The van der Waals surface area contributed by atoms with E-state index >= 15 is 4.39 Å². The Morgan fingerprint density at radius 2 is 1.70 bits per heavy atom. The number of amides is 2. The molecule has 9 heteroatoms. The number of para-hydroxylation sites is 1. The summed E-state index contributed by atoms with van der Waals surface area (Å²) in [5.74, 6) is -2.15. The van der Waals surface area contributed by atoms with Crippen LogP contribution in [0.1, 0.15) is 27.8 Å². The van der Waals surface area contributed by atoms with Crippen molar-refractivity contribution in [2.24, 2.45) is 0 Å². The van der Waals surface area contributed by atoms with Crippen molar-refractivity contribution in [1.82, 2.24) is 20.6 Å². The number of phenols is 1. The van der Waals surface area contributed by atoms with E-state index in [4.69, 9.17) is 0 Å². The number of H-pyrrole nitrogens is 1. The van der Waals surface area contributed by atoms with Gasteiger partial charge in [0.05, 0.1) is 0 Å². The Morgan fingerprint density at radius 3 is 2.56 bits per heavy atom. The number of aromatic amines is 1. The molecule has 43 heavy (non-hydrogen) atoms. The van der Waals surface area contributed by atoms with Gasteiger partial charge in [-0.25, -0.2) is 8.78 Å². The lowest BCUT2D eigenvalue weighted by atomic mass is 9.99. The number of carbonyl (C=O) groups is 2. The number of fused-ring (bicyclic) bond motifs is 2. The number of halogens is 2. The maximum absolute atomic E-state index is 15.1. The van der Waals surface area contributed by atoms with Crippen LogP contribution in [0.15, 0.2) is 109 Å². The van der Waals surface area contributed by atoms with Gasteiger partial charge in [0.15, 0.2) is 0 Å². The molecule has 2 aromatic heterocycles. The molecule has 2 heterocycles. The maximum atomic E-state index is 15.1. The van der Waals surface area contributed by atoms with Crippen molar-refractivity contribution in [1.29, 1.82) is 0 Å². The van der Waals surface area contributed by atoms with E-state index in [9.17, 15) is 19.1 Å². The highest BCUT2D eigenvalue weighted by molar-refractivity contribution is 5.99. The summed E-state index contributed by atoms with van der Waals surface area (Å²) in [5.41, 5.74) is 3.33. The zero-order valence-corrected chi connectivity index (χ0v) is 22.7. The first-order valence-corrected chi connectivity index (χ1v) is 13.6. The number of rotatable bonds is 8. The number of benzene rings is 4. The molecule has 0 aliphatic heterocycles. The van der Waals surface area contributed by atoms with Crippen LogP contribution < -0.4 is 10.6 Å². The lowest BCUT2D eigenvalue weighted by Crippen LogP contribution is -2.48. The number of aromatic hydroxyl groups is 1. The number of pyridine rings is 1. The Hall–Kier alpha value is -5.57. The smallest absolute Gasteiger partial charge is 0.251 e. The molecule has 4 aromatic carbocycles. The summed E-state index contributed by atoms with van der Waals surface area (Å²) < 4.78 is 29.3. The monoisotopic (exact) mass is 576 g/mol. The van der Waals surface area contributed by atoms with E-state index in [1.807, 2.05) is 36.4 Å². The third-order valence-electron chi connectivity index (χ3n) is 7.31. The van der Waals surface area contributed by atoms with Crippen LogP contribution in [-0.2, 0) is 11.2 Å². The van der Waals surface area contributed by atoms with Gasteiger partial charge in [0.25, 0.3) is 5.91 Å². The highest BCUT2D eigenvalue weighted by atomic mass is 19.1. The molecule has 7 nitrogen and oxygen atoms in total. The third kappa shape index (κ3) is 5.78. The first-order chi connectivity index (χ1) is 20.9. The van der Waals surface area contributed by atoms with Crippen molar-refractivity contribution in [2.45, 2.75) is 18.8 Å². The average molecular weight is 577 g/mol. The van der Waals surface area contributed by atoms with Crippen molar-refractivity contribution in [3.05, 3.63) is 132 Å². The molecule has 2 atom stereocenters. The molecule has 0 spiro atoms. The minimum atomic E-state index is -2.12. The molecule has 0 fully saturated rings. The Balaban J connectivity index is 1.28. The third-order valence-corrected chi connectivity index (χ3v) is 7.31. The number of aromatic nitrogens is 2. The van der Waals surface area contributed by atoms with Gasteiger partial charge in [0, 0.05) is 46.2 Å². The zero-order chi connectivity index (χ0) is 29.9. The van der Waals surface area contributed by atoms with Crippen molar-refractivity contribution in [2.75, 3.05) is 0 Å². The molecule has 0 saturated carbocycles. The summed E-state index contributed by atoms with van der Waals surface area (Å²) in [6, 6.07) is 25.3. The van der Waals surface area contributed by atoms with Gasteiger partial charge in [0.2, 0.25) is 12.2 Å². The minimum Gasteiger partial charge on any atom is -0.506 e. The summed E-state index contributed by atoms with van der Waals surface area (Å²) in [6.45, 7) is 0. The molecule has 0 radical (unpaired) electrons. The number of hydrogen-bond acceptors (Lipinski definition) is 4. The first kappa shape index (κ1) is 27.6. The van der Waals surface area contributed by atoms with Crippen molar-refractivity contribution >= 4 is 33.6 Å². The number of alkyl halides is 1. The summed E-state index contributed by atoms with van der Waals surface area (Å²) in [7, 11) is 0. The fraction of sp³-hybridized carbons (Fsp3) is 0.0882. The number of hydrogen-bond donors (Lipinski definition) is 4. The van der Waals surface area contributed by atoms with E-state index in [1.165, 1.54) is 18.2 Å². The normalized spacial score (nSPS) is 12.6. The van der Waals surface area contributed by atoms with E-state index in [-0.39, 0.29) is 23.3 Å². The van der Waals surface area contributed by atoms with Gasteiger partial charge in [-0.15, -0.1) is 0 Å². The molecule has 6 aromatic rings. The second-order valence-electron chi connectivity index (χ2n) is 10.1. The standard InChI is InChI=1S/C34H26F2N4O3/c35-27-12-3-1-11-26(27)32(36)40-34(43)29(17-24-19-38-28-13-4-2-10-25(24)28)39-33(42)22-8-5-7-20(15-22)23-16-21-9-6-14-37-31(21)30(41)18-23/h1-16,18-19,29,32,38,41H,17H2,(H,39,42)(H,40,43). The Kier molecular flexibility index (Phi) is 7.53. The SMILES string of the molecule is O=C(NC(Cc1c[nH]c2ccccc12)C(=O)NC(F)c1ccccc1F)c1cccc(-c2cc(O)c3ncccc3c2)c1. The minimum absolute atomic E-state index is 0.00838. The topological polar surface area (TPSA) is 107 Å². The molecule has 0 bridgehead atoms. The second-order valence-corrected chi connectivity index (χ2v) is 10.1. The quantitative estimate of drug-likeness (QED) is 0.158. The summed E-state index contributed by atoms with van der Waals surface area (Å²) >= 11 is 0. The van der Waals surface area contributed by atoms with Crippen molar-refractivity contribution < 1.29 is 23.5 Å². The number of nitrogens with one attached hydrogen (secondary N) is 3. The summed E-state index contributed by atoms with van der Waals surface area (Å²) in [6.07, 6.45) is 1.27. The van der Waals surface area contributed by atoms with Gasteiger partial charge in [-0.1, -0.05) is 54.6 Å². The first-order valence-electron chi connectivity index (χ1n) is 13.6. The van der Waals surface area contributed by atoms with Crippen molar-refractivity contribution in [3.63, 3.8) is 0 Å². The van der Waals surface area contributed by atoms with Gasteiger partial charge >= 0.3 is 0 Å². The molecule has 2 amide bonds. The molecule has 0 aliphatic rings. The molecule has 0 saturated heterocycles. The second kappa shape index (κ2) is 11.7. The fourth-order valence-corrected chi connectivity index (χ4v) is 5.13. The number of phenolic OH excluding ortho intramolecular Hbond substituents is 1. The highest BCUT2D eigenvalue weighted by Crippen LogP contribution is 2.31. The van der Waals surface area contributed by atoms with Crippen LogP contribution in [0.25, 0.3) is 32.9 Å². The van der Waals surface area contributed by atoms with E-state index in [1.54, 1.807) is 48.8 Å². The van der Waals surface area contributed by atoms with E-state index in [2.05, 4.69) is 20.6 Å². The number of carbonyl (C=O) groups excluding carboxylic acids is 2. The molecular formula is C34H26F2N4O3. The van der Waals surface area contributed by atoms with Crippen LogP contribution in [0.5, 0.6) is 5.75 Å². The van der Waals surface area contributed by atoms with Gasteiger partial charge in [-0.05, 0) is 59.2 Å². The van der Waals surface area contributed by atoms with E-state index in [0.29, 0.717) is 16.6 Å².